The lowest BCUT2D eigenvalue weighted by atomic mass is 9.76. The van der Waals surface area contributed by atoms with Crippen molar-refractivity contribution in [3.05, 3.63) is 48.0 Å². The normalized spacial score (nSPS) is 24.0. The third-order valence-electron chi connectivity index (χ3n) is 2.99. The average Bonchev–Trinajstić information content (AvgIpc) is 2.24. The van der Waals surface area contributed by atoms with Gasteiger partial charge in [-0.05, 0) is 12.0 Å². The van der Waals surface area contributed by atoms with Crippen molar-refractivity contribution in [1.29, 1.82) is 0 Å². The highest BCUT2D eigenvalue weighted by Gasteiger charge is 2.40. The number of carbonyl (C=O) groups excluding carboxylic acids is 1. The molecule has 1 atom stereocenters. The highest BCUT2D eigenvalue weighted by Crippen LogP contribution is 2.45. The lowest BCUT2D eigenvalue weighted by Crippen LogP contribution is -2.33. The summed E-state index contributed by atoms with van der Waals surface area (Å²) in [5.41, 5.74) is 1.53. The number of rotatable bonds is 1. The second-order valence-corrected chi connectivity index (χ2v) is 4.96. The van der Waals surface area contributed by atoms with Gasteiger partial charge in [-0.3, -0.25) is 0 Å². The summed E-state index contributed by atoms with van der Waals surface area (Å²) in [6.45, 7) is 7.94. The molecular weight excluding hydrogens is 200 g/mol. The summed E-state index contributed by atoms with van der Waals surface area (Å²) in [6.07, 6.45) is 0.512. The standard InChI is InChI=1S/C14H16O2/c1-10-9-14(2,3)12(16-13(10)15)11-7-5-4-6-8-11/h4-8,12H,1,9H2,2-3H3/t12-/m1/s1. The Balaban J connectivity index is 2.34. The van der Waals surface area contributed by atoms with Crippen LogP contribution in [0.5, 0.6) is 0 Å². The van der Waals surface area contributed by atoms with Crippen LogP contribution in [0.15, 0.2) is 42.5 Å². The summed E-state index contributed by atoms with van der Waals surface area (Å²) in [7, 11) is 0. The molecule has 1 aromatic rings. The summed E-state index contributed by atoms with van der Waals surface area (Å²) >= 11 is 0. The van der Waals surface area contributed by atoms with Gasteiger partial charge in [0.05, 0.1) is 0 Å². The lowest BCUT2D eigenvalue weighted by molar-refractivity contribution is -0.157. The van der Waals surface area contributed by atoms with Crippen molar-refractivity contribution in [2.45, 2.75) is 26.4 Å². The summed E-state index contributed by atoms with van der Waals surface area (Å²) in [4.78, 5) is 11.5. The van der Waals surface area contributed by atoms with Crippen molar-refractivity contribution in [3.8, 4) is 0 Å². The molecule has 2 nitrogen and oxygen atoms in total. The number of cyclic esters (lactones) is 1. The molecule has 0 unspecified atom stereocenters. The molecule has 2 rings (SSSR count). The maximum Gasteiger partial charge on any atom is 0.334 e. The molecule has 0 aromatic heterocycles. The first-order valence-electron chi connectivity index (χ1n) is 5.44. The van der Waals surface area contributed by atoms with Crippen LogP contribution >= 0.6 is 0 Å². The van der Waals surface area contributed by atoms with E-state index in [2.05, 4.69) is 20.4 Å². The smallest absolute Gasteiger partial charge is 0.334 e. The molecule has 0 saturated carbocycles. The van der Waals surface area contributed by atoms with Crippen molar-refractivity contribution in [2.24, 2.45) is 5.41 Å². The Morgan fingerprint density at radius 1 is 1.31 bits per heavy atom. The van der Waals surface area contributed by atoms with Gasteiger partial charge >= 0.3 is 5.97 Å². The topological polar surface area (TPSA) is 26.3 Å². The van der Waals surface area contributed by atoms with Crippen LogP contribution in [0.2, 0.25) is 0 Å². The van der Waals surface area contributed by atoms with E-state index in [0.717, 1.165) is 5.56 Å². The van der Waals surface area contributed by atoms with E-state index in [4.69, 9.17) is 4.74 Å². The van der Waals surface area contributed by atoms with Gasteiger partial charge < -0.3 is 4.74 Å². The first-order chi connectivity index (χ1) is 7.50. The first kappa shape index (κ1) is 10.9. The summed E-state index contributed by atoms with van der Waals surface area (Å²) in [6, 6.07) is 9.87. The van der Waals surface area contributed by atoms with E-state index >= 15 is 0 Å². The van der Waals surface area contributed by atoms with Crippen molar-refractivity contribution >= 4 is 5.97 Å². The Hall–Kier alpha value is -1.57. The Labute approximate surface area is 95.9 Å². The van der Waals surface area contributed by atoms with Gasteiger partial charge in [-0.2, -0.15) is 0 Å². The highest BCUT2D eigenvalue weighted by atomic mass is 16.5. The fraction of sp³-hybridized carbons (Fsp3) is 0.357. The minimum atomic E-state index is -0.270. The summed E-state index contributed by atoms with van der Waals surface area (Å²) in [5.74, 6) is -0.270. The van der Waals surface area contributed by atoms with E-state index in [1.165, 1.54) is 0 Å². The highest BCUT2D eigenvalue weighted by molar-refractivity contribution is 5.88. The SMILES string of the molecule is C=C1CC(C)(C)[C@@H](c2ccccc2)OC1=O. The Morgan fingerprint density at radius 3 is 2.56 bits per heavy atom. The molecule has 2 heteroatoms. The lowest BCUT2D eigenvalue weighted by Gasteiger charge is -2.38. The van der Waals surface area contributed by atoms with E-state index in [-0.39, 0.29) is 17.5 Å². The molecule has 1 heterocycles. The second kappa shape index (κ2) is 3.78. The minimum absolute atomic E-state index is 0.0909. The van der Waals surface area contributed by atoms with Gasteiger partial charge in [0.15, 0.2) is 0 Å². The molecule has 1 aliphatic heterocycles. The van der Waals surface area contributed by atoms with Crippen LogP contribution < -0.4 is 0 Å². The number of esters is 1. The average molecular weight is 216 g/mol. The molecule has 1 aromatic carbocycles. The molecule has 0 aliphatic carbocycles. The number of ether oxygens (including phenoxy) is 1. The molecule has 0 spiro atoms. The summed E-state index contributed by atoms with van der Waals surface area (Å²) < 4.78 is 5.46. The summed E-state index contributed by atoms with van der Waals surface area (Å²) in [5, 5.41) is 0. The van der Waals surface area contributed by atoms with Crippen molar-refractivity contribution in [2.75, 3.05) is 0 Å². The van der Waals surface area contributed by atoms with Crippen molar-refractivity contribution in [1.82, 2.24) is 0 Å². The van der Waals surface area contributed by atoms with Crippen LogP contribution in [-0.4, -0.2) is 5.97 Å². The molecule has 16 heavy (non-hydrogen) atoms. The number of benzene rings is 1. The maximum atomic E-state index is 11.5. The minimum Gasteiger partial charge on any atom is -0.454 e. The third kappa shape index (κ3) is 1.87. The van der Waals surface area contributed by atoms with E-state index in [1.807, 2.05) is 30.3 Å². The van der Waals surface area contributed by atoms with Gasteiger partial charge in [0.2, 0.25) is 0 Å². The van der Waals surface area contributed by atoms with E-state index in [1.54, 1.807) is 0 Å². The predicted molar refractivity (Wildman–Crippen MR) is 62.8 cm³/mol. The molecule has 84 valence electrons. The Bertz CT molecular complexity index is 418. The van der Waals surface area contributed by atoms with Crippen LogP contribution in [0.3, 0.4) is 0 Å². The zero-order chi connectivity index (χ0) is 11.8. The molecule has 0 amide bonds. The van der Waals surface area contributed by atoms with Gasteiger partial charge in [-0.25, -0.2) is 4.79 Å². The fourth-order valence-electron chi connectivity index (χ4n) is 2.21. The molecule has 1 fully saturated rings. The van der Waals surface area contributed by atoms with E-state index in [9.17, 15) is 4.79 Å². The molecule has 0 radical (unpaired) electrons. The zero-order valence-electron chi connectivity index (χ0n) is 9.69. The third-order valence-corrected chi connectivity index (χ3v) is 2.99. The largest absolute Gasteiger partial charge is 0.454 e. The number of hydrogen-bond donors (Lipinski definition) is 0. The molecule has 1 aliphatic rings. The van der Waals surface area contributed by atoms with E-state index < -0.39 is 0 Å². The monoisotopic (exact) mass is 216 g/mol. The Kier molecular flexibility index (Phi) is 2.58. The quantitative estimate of drug-likeness (QED) is 0.532. The van der Waals surface area contributed by atoms with Crippen molar-refractivity contribution in [3.63, 3.8) is 0 Å². The van der Waals surface area contributed by atoms with Crippen molar-refractivity contribution < 1.29 is 9.53 Å². The van der Waals surface area contributed by atoms with Gasteiger partial charge in [0, 0.05) is 11.0 Å². The second-order valence-electron chi connectivity index (χ2n) is 4.96. The number of hydrogen-bond acceptors (Lipinski definition) is 2. The Morgan fingerprint density at radius 2 is 1.94 bits per heavy atom. The van der Waals surface area contributed by atoms with Crippen LogP contribution in [0.25, 0.3) is 0 Å². The molecule has 0 bridgehead atoms. The van der Waals surface area contributed by atoms with Crippen LogP contribution in [0, 0.1) is 5.41 Å². The first-order valence-corrected chi connectivity index (χ1v) is 5.44. The number of carbonyl (C=O) groups is 1. The van der Waals surface area contributed by atoms with Gasteiger partial charge in [-0.15, -0.1) is 0 Å². The van der Waals surface area contributed by atoms with Gasteiger partial charge in [-0.1, -0.05) is 50.8 Å². The van der Waals surface area contributed by atoms with Gasteiger partial charge in [0.1, 0.15) is 6.10 Å². The maximum absolute atomic E-state index is 11.5. The van der Waals surface area contributed by atoms with Crippen LogP contribution in [0.4, 0.5) is 0 Å². The van der Waals surface area contributed by atoms with E-state index in [0.29, 0.717) is 12.0 Å². The zero-order valence-corrected chi connectivity index (χ0v) is 9.69. The predicted octanol–water partition coefficient (Wildman–Crippen LogP) is 3.26. The van der Waals surface area contributed by atoms with Gasteiger partial charge in [0.25, 0.3) is 0 Å². The van der Waals surface area contributed by atoms with Crippen LogP contribution in [-0.2, 0) is 9.53 Å². The fourth-order valence-corrected chi connectivity index (χ4v) is 2.21. The molecule has 1 saturated heterocycles. The molecule has 0 N–H and O–H groups in total. The molecular formula is C14H16O2. The van der Waals surface area contributed by atoms with Crippen LogP contribution in [0.1, 0.15) is 31.9 Å².